The van der Waals surface area contributed by atoms with Gasteiger partial charge in [0.05, 0.1) is 17.6 Å². The molecule has 0 aliphatic carbocycles. The summed E-state index contributed by atoms with van der Waals surface area (Å²) >= 11 is 6.80. The van der Waals surface area contributed by atoms with Gasteiger partial charge in [0, 0.05) is 38.8 Å². The predicted octanol–water partition coefficient (Wildman–Crippen LogP) is 3.81. The van der Waals surface area contributed by atoms with E-state index in [1.165, 1.54) is 16.3 Å². The van der Waals surface area contributed by atoms with Crippen molar-refractivity contribution >= 4 is 52.2 Å². The maximum Gasteiger partial charge on any atom is 0.409 e. The number of carbonyl (C=O) groups is 2. The molecule has 2 fully saturated rings. The van der Waals surface area contributed by atoms with Crippen LogP contribution in [0.4, 0.5) is 10.6 Å². The average molecular weight is 552 g/mol. The summed E-state index contributed by atoms with van der Waals surface area (Å²) in [5, 5.41) is 9.73. The molecule has 0 saturated carbocycles. The Hall–Kier alpha value is -3.62. The number of thiocarbonyl (C=S) groups is 1. The molecule has 1 atom stereocenters. The molecule has 1 aromatic heterocycles. The molecule has 4 rings (SSSR count). The number of thioether (sulfide) groups is 1. The van der Waals surface area contributed by atoms with E-state index in [2.05, 4.69) is 0 Å². The molecule has 2 saturated heterocycles. The highest BCUT2D eigenvalue weighted by atomic mass is 32.2. The second-order valence-electron chi connectivity index (χ2n) is 9.02. The Morgan fingerprint density at radius 3 is 2.47 bits per heavy atom. The van der Waals surface area contributed by atoms with Crippen LogP contribution >= 0.6 is 24.0 Å². The molecule has 0 spiro atoms. The van der Waals surface area contributed by atoms with Gasteiger partial charge in [-0.25, -0.2) is 4.79 Å². The number of piperazine rings is 1. The molecule has 198 valence electrons. The number of benzene rings is 1. The van der Waals surface area contributed by atoms with E-state index in [-0.39, 0.29) is 23.6 Å². The molecule has 1 unspecified atom stereocenters. The largest absolute Gasteiger partial charge is 0.450 e. The van der Waals surface area contributed by atoms with E-state index >= 15 is 0 Å². The van der Waals surface area contributed by atoms with Gasteiger partial charge in [-0.1, -0.05) is 54.3 Å². The van der Waals surface area contributed by atoms with E-state index < -0.39 is 5.56 Å². The maximum atomic E-state index is 13.6. The molecular formula is C27H29N5O4S2. The Balaban J connectivity index is 1.73. The number of pyridine rings is 1. The number of nitrogens with zero attached hydrogens (tertiary/aromatic N) is 5. The number of amides is 2. The van der Waals surface area contributed by atoms with E-state index in [9.17, 15) is 19.6 Å². The first-order chi connectivity index (χ1) is 18.2. The number of ether oxygens (including phenoxy) is 1. The van der Waals surface area contributed by atoms with Crippen LogP contribution < -0.4 is 10.5 Å². The summed E-state index contributed by atoms with van der Waals surface area (Å²) in [5.74, 6) is 0.373. The molecule has 0 radical (unpaired) electrons. The first-order valence-electron chi connectivity index (χ1n) is 12.3. The summed E-state index contributed by atoms with van der Waals surface area (Å²) in [6.07, 6.45) is 1.37. The number of hydrogen-bond donors (Lipinski definition) is 0. The average Bonchev–Trinajstić information content (AvgIpc) is 3.20. The Morgan fingerprint density at radius 2 is 1.87 bits per heavy atom. The molecular weight excluding hydrogens is 522 g/mol. The fourth-order valence-corrected chi connectivity index (χ4v) is 6.14. The number of nitriles is 1. The van der Waals surface area contributed by atoms with E-state index in [1.54, 1.807) is 36.8 Å². The minimum Gasteiger partial charge on any atom is -0.450 e. The highest BCUT2D eigenvalue weighted by Crippen LogP contribution is 2.39. The van der Waals surface area contributed by atoms with E-state index in [0.717, 1.165) is 5.56 Å². The van der Waals surface area contributed by atoms with Gasteiger partial charge in [0.25, 0.3) is 11.5 Å². The normalized spacial score (nSPS) is 17.7. The van der Waals surface area contributed by atoms with Crippen LogP contribution in [0.25, 0.3) is 6.08 Å². The Bertz CT molecular complexity index is 1410. The van der Waals surface area contributed by atoms with Gasteiger partial charge in [0.1, 0.15) is 21.8 Å². The lowest BCUT2D eigenvalue weighted by molar-refractivity contribution is -0.123. The Morgan fingerprint density at radius 1 is 1.21 bits per heavy atom. The van der Waals surface area contributed by atoms with E-state index in [4.69, 9.17) is 17.0 Å². The Labute approximate surface area is 231 Å². The number of carbonyl (C=O) groups excluding carboxylic acids is 2. The molecule has 2 aliphatic heterocycles. The van der Waals surface area contributed by atoms with Crippen LogP contribution in [0.2, 0.25) is 0 Å². The van der Waals surface area contributed by atoms with Gasteiger partial charge < -0.3 is 14.5 Å². The zero-order valence-electron chi connectivity index (χ0n) is 21.8. The molecule has 0 N–H and O–H groups in total. The summed E-state index contributed by atoms with van der Waals surface area (Å²) in [5.41, 5.74) is 1.70. The number of anilines is 1. The van der Waals surface area contributed by atoms with Gasteiger partial charge in [0.2, 0.25) is 0 Å². The molecule has 11 heteroatoms. The molecule has 2 aromatic rings. The van der Waals surface area contributed by atoms with Crippen LogP contribution in [-0.4, -0.2) is 63.5 Å². The van der Waals surface area contributed by atoms with E-state index in [0.29, 0.717) is 59.0 Å². The maximum absolute atomic E-state index is 13.6. The molecule has 9 nitrogen and oxygen atoms in total. The predicted molar refractivity (Wildman–Crippen MR) is 152 cm³/mol. The summed E-state index contributed by atoms with van der Waals surface area (Å²) in [6, 6.07) is 11.5. The summed E-state index contributed by atoms with van der Waals surface area (Å²) in [6.45, 7) is 7.48. The van der Waals surface area contributed by atoms with Crippen molar-refractivity contribution in [2.24, 2.45) is 7.05 Å². The second-order valence-corrected chi connectivity index (χ2v) is 10.7. The van der Waals surface area contributed by atoms with Gasteiger partial charge in [-0.3, -0.25) is 19.1 Å². The van der Waals surface area contributed by atoms with Crippen molar-refractivity contribution in [1.29, 1.82) is 5.26 Å². The van der Waals surface area contributed by atoms with Crippen molar-refractivity contribution in [3.05, 3.63) is 67.8 Å². The lowest BCUT2D eigenvalue weighted by Gasteiger charge is -2.37. The van der Waals surface area contributed by atoms with Crippen molar-refractivity contribution in [2.75, 3.05) is 37.7 Å². The smallest absolute Gasteiger partial charge is 0.409 e. The van der Waals surface area contributed by atoms with Crippen LogP contribution in [0.1, 0.15) is 42.1 Å². The third-order valence-corrected chi connectivity index (χ3v) is 8.17. The summed E-state index contributed by atoms with van der Waals surface area (Å²) < 4.78 is 7.02. The lowest BCUT2D eigenvalue weighted by Crippen LogP contribution is -2.50. The third-order valence-electron chi connectivity index (χ3n) is 6.84. The highest BCUT2D eigenvalue weighted by Gasteiger charge is 2.37. The van der Waals surface area contributed by atoms with Gasteiger partial charge in [-0.2, -0.15) is 5.26 Å². The fourth-order valence-electron chi connectivity index (χ4n) is 4.74. The second kappa shape index (κ2) is 11.4. The molecule has 38 heavy (non-hydrogen) atoms. The quantitative estimate of drug-likeness (QED) is 0.409. The zero-order valence-corrected chi connectivity index (χ0v) is 23.4. The number of rotatable bonds is 5. The van der Waals surface area contributed by atoms with Crippen LogP contribution in [-0.2, 0) is 16.6 Å². The topological polar surface area (TPSA) is 98.9 Å². The summed E-state index contributed by atoms with van der Waals surface area (Å²) in [7, 11) is 1.62. The van der Waals surface area contributed by atoms with Crippen LogP contribution in [0.5, 0.6) is 0 Å². The molecule has 1 aromatic carbocycles. The van der Waals surface area contributed by atoms with Crippen molar-refractivity contribution in [2.45, 2.75) is 26.8 Å². The van der Waals surface area contributed by atoms with Gasteiger partial charge >= 0.3 is 6.09 Å². The van der Waals surface area contributed by atoms with Gasteiger partial charge in [-0.05, 0) is 38.0 Å². The van der Waals surface area contributed by atoms with Crippen molar-refractivity contribution in [3.8, 4) is 6.07 Å². The molecule has 2 aliphatic rings. The number of aromatic nitrogens is 1. The van der Waals surface area contributed by atoms with Crippen LogP contribution in [0.3, 0.4) is 0 Å². The first-order valence-corrected chi connectivity index (χ1v) is 13.5. The fraction of sp³-hybridized carbons (Fsp3) is 0.370. The SMILES string of the molecule is CCOC(=O)N1CCN(c2c(C=C3SC(=S)N(C(C)c4ccccc4)C3=O)c(C)c(C#N)c(=O)n2C)CC1. The first kappa shape index (κ1) is 27.4. The zero-order chi connectivity index (χ0) is 27.6. The van der Waals surface area contributed by atoms with Crippen molar-refractivity contribution in [1.82, 2.24) is 14.4 Å². The lowest BCUT2D eigenvalue weighted by atomic mass is 10.0. The van der Waals surface area contributed by atoms with Crippen molar-refractivity contribution in [3.63, 3.8) is 0 Å². The van der Waals surface area contributed by atoms with Gasteiger partial charge in [-0.15, -0.1) is 0 Å². The molecule has 3 heterocycles. The minimum atomic E-state index is -0.407. The van der Waals surface area contributed by atoms with Gasteiger partial charge in [0.15, 0.2) is 0 Å². The number of hydrogen-bond acceptors (Lipinski definition) is 8. The Kier molecular flexibility index (Phi) is 8.23. The molecule has 2 amide bonds. The van der Waals surface area contributed by atoms with Crippen LogP contribution in [0, 0.1) is 18.3 Å². The van der Waals surface area contributed by atoms with E-state index in [1.807, 2.05) is 48.2 Å². The monoisotopic (exact) mass is 551 g/mol. The highest BCUT2D eigenvalue weighted by molar-refractivity contribution is 8.26. The minimum absolute atomic E-state index is 0.0285. The van der Waals surface area contributed by atoms with Crippen LogP contribution in [0.15, 0.2) is 40.0 Å². The standard InChI is InChI=1S/C27H29N5O4S2/c1-5-36-26(35)31-13-11-30(12-14-31)23-20(17(2)21(16-28)24(33)29(23)4)15-22-25(34)32(27(37)38-22)18(3)19-9-7-6-8-10-19/h6-10,15,18H,5,11-14H2,1-4H3. The molecule has 0 bridgehead atoms. The summed E-state index contributed by atoms with van der Waals surface area (Å²) in [4.78, 5) is 44.5. The third kappa shape index (κ3) is 5.06. The van der Waals surface area contributed by atoms with Crippen molar-refractivity contribution < 1.29 is 14.3 Å².